The number of nitrogens with one attached hydrogen (secondary N) is 3. The number of guanidine groups is 1. The first-order valence-corrected chi connectivity index (χ1v) is 8.28. The Kier molecular flexibility index (Phi) is 9.08. The molecule has 1 saturated carbocycles. The summed E-state index contributed by atoms with van der Waals surface area (Å²) < 4.78 is 0. The highest BCUT2D eigenvalue weighted by atomic mass is 127. The maximum atomic E-state index is 11.7. The maximum absolute atomic E-state index is 11.7. The summed E-state index contributed by atoms with van der Waals surface area (Å²) in [4.78, 5) is 18.5. The van der Waals surface area contributed by atoms with Crippen LogP contribution in [0.15, 0.2) is 4.99 Å². The number of nitrogens with zero attached hydrogens (tertiary/aromatic N) is 2. The third-order valence-corrected chi connectivity index (χ3v) is 4.08. The normalized spacial score (nSPS) is 22.1. The van der Waals surface area contributed by atoms with Crippen molar-refractivity contribution in [2.75, 3.05) is 32.7 Å². The third kappa shape index (κ3) is 6.68. The summed E-state index contributed by atoms with van der Waals surface area (Å²) in [5.74, 6) is 0.761. The highest BCUT2D eigenvalue weighted by Gasteiger charge is 2.24. The largest absolute Gasteiger partial charge is 0.357 e. The van der Waals surface area contributed by atoms with Crippen LogP contribution in [0, 0.1) is 0 Å². The second-order valence-electron chi connectivity index (χ2n) is 5.84. The Labute approximate surface area is 150 Å². The van der Waals surface area contributed by atoms with Crippen molar-refractivity contribution >= 4 is 35.8 Å². The number of hydrogen-bond donors (Lipinski definition) is 3. The van der Waals surface area contributed by atoms with Gasteiger partial charge in [-0.05, 0) is 45.7 Å². The van der Waals surface area contributed by atoms with Crippen molar-refractivity contribution in [2.45, 2.75) is 51.6 Å². The smallest absolute Gasteiger partial charge is 0.242 e. The van der Waals surface area contributed by atoms with Gasteiger partial charge in [-0.3, -0.25) is 9.69 Å². The van der Waals surface area contributed by atoms with E-state index in [4.69, 9.17) is 0 Å². The van der Waals surface area contributed by atoms with Crippen LogP contribution in [0.1, 0.15) is 39.5 Å². The molecule has 22 heavy (non-hydrogen) atoms. The topological polar surface area (TPSA) is 68.8 Å². The van der Waals surface area contributed by atoms with Gasteiger partial charge in [-0.1, -0.05) is 6.92 Å². The van der Waals surface area contributed by atoms with Crippen LogP contribution in [0.3, 0.4) is 0 Å². The minimum Gasteiger partial charge on any atom is -0.357 e. The van der Waals surface area contributed by atoms with E-state index in [-0.39, 0.29) is 36.4 Å². The molecule has 0 radical (unpaired) electrons. The van der Waals surface area contributed by atoms with Gasteiger partial charge in [0, 0.05) is 25.2 Å². The molecule has 1 aliphatic heterocycles. The lowest BCUT2D eigenvalue weighted by Crippen LogP contribution is -2.45. The van der Waals surface area contributed by atoms with E-state index in [0.29, 0.717) is 12.1 Å². The number of carbonyl (C=O) groups is 1. The molecule has 1 saturated heterocycles. The van der Waals surface area contributed by atoms with Gasteiger partial charge in [0.1, 0.15) is 6.54 Å². The molecule has 1 heterocycles. The SMILES string of the molecule is CCNC(=NCC(=O)NC1CC1)NCC1CCCN1CC.I. The van der Waals surface area contributed by atoms with Crippen molar-refractivity contribution in [2.24, 2.45) is 4.99 Å². The average Bonchev–Trinajstić information content (AvgIpc) is 3.17. The lowest BCUT2D eigenvalue weighted by molar-refractivity contribution is -0.119. The van der Waals surface area contributed by atoms with Gasteiger partial charge in [0.2, 0.25) is 5.91 Å². The Morgan fingerprint density at radius 2 is 2.00 bits per heavy atom. The molecule has 128 valence electrons. The first-order valence-electron chi connectivity index (χ1n) is 8.28. The lowest BCUT2D eigenvalue weighted by Gasteiger charge is -2.23. The van der Waals surface area contributed by atoms with Crippen molar-refractivity contribution in [3.8, 4) is 0 Å². The number of likely N-dealkylation sites (N-methyl/N-ethyl adjacent to an activating group) is 1. The van der Waals surface area contributed by atoms with Gasteiger partial charge in [0.05, 0.1) is 0 Å². The predicted molar refractivity (Wildman–Crippen MR) is 101 cm³/mol. The van der Waals surface area contributed by atoms with Crippen molar-refractivity contribution in [3.05, 3.63) is 0 Å². The fourth-order valence-electron chi connectivity index (χ4n) is 2.75. The molecular weight excluding hydrogens is 393 g/mol. The molecule has 2 rings (SSSR count). The van der Waals surface area contributed by atoms with Crippen molar-refractivity contribution in [1.29, 1.82) is 0 Å². The molecule has 1 aliphatic carbocycles. The van der Waals surface area contributed by atoms with Gasteiger partial charge in [-0.25, -0.2) is 4.99 Å². The molecule has 0 aromatic carbocycles. The van der Waals surface area contributed by atoms with Crippen molar-refractivity contribution in [1.82, 2.24) is 20.9 Å². The first-order chi connectivity index (χ1) is 10.2. The standard InChI is InChI=1S/C15H29N5O.HI/c1-3-16-15(18-11-14(21)19-12-7-8-12)17-10-13-6-5-9-20(13)4-2;/h12-13H,3-11H2,1-2H3,(H,19,21)(H2,16,17,18);1H. The molecule has 1 atom stereocenters. The highest BCUT2D eigenvalue weighted by molar-refractivity contribution is 14.0. The summed E-state index contributed by atoms with van der Waals surface area (Å²) in [6.45, 7) is 8.44. The molecule has 7 heteroatoms. The zero-order valence-electron chi connectivity index (χ0n) is 13.7. The Bertz CT molecular complexity index is 373. The highest BCUT2D eigenvalue weighted by Crippen LogP contribution is 2.18. The summed E-state index contributed by atoms with van der Waals surface area (Å²) in [5, 5.41) is 9.53. The zero-order valence-corrected chi connectivity index (χ0v) is 16.1. The summed E-state index contributed by atoms with van der Waals surface area (Å²) in [5.41, 5.74) is 0. The van der Waals surface area contributed by atoms with E-state index in [1.807, 2.05) is 6.92 Å². The predicted octanol–water partition coefficient (Wildman–Crippen LogP) is 0.922. The Hall–Kier alpha value is -0.570. The molecule has 1 amide bonds. The van der Waals surface area contributed by atoms with E-state index < -0.39 is 0 Å². The minimum absolute atomic E-state index is 0. The summed E-state index contributed by atoms with van der Waals surface area (Å²) in [6, 6.07) is 0.985. The van der Waals surface area contributed by atoms with E-state index in [1.54, 1.807) is 0 Å². The Balaban J connectivity index is 0.00000242. The number of likely N-dealkylation sites (tertiary alicyclic amines) is 1. The van der Waals surface area contributed by atoms with E-state index in [1.165, 1.54) is 19.4 Å². The van der Waals surface area contributed by atoms with Gasteiger partial charge in [0.15, 0.2) is 5.96 Å². The summed E-state index contributed by atoms with van der Waals surface area (Å²) in [6.07, 6.45) is 4.74. The minimum atomic E-state index is 0. The van der Waals surface area contributed by atoms with Crippen molar-refractivity contribution < 1.29 is 4.79 Å². The van der Waals surface area contributed by atoms with Crippen LogP contribution in [0.5, 0.6) is 0 Å². The monoisotopic (exact) mass is 423 g/mol. The molecular formula is C15H30IN5O. The molecule has 0 aromatic heterocycles. The Morgan fingerprint density at radius 1 is 1.23 bits per heavy atom. The van der Waals surface area contributed by atoms with Gasteiger partial charge in [0.25, 0.3) is 0 Å². The van der Waals surface area contributed by atoms with Crippen molar-refractivity contribution in [3.63, 3.8) is 0 Å². The molecule has 0 bridgehead atoms. The molecule has 6 nitrogen and oxygen atoms in total. The van der Waals surface area contributed by atoms with Crippen LogP contribution in [0.25, 0.3) is 0 Å². The molecule has 2 aliphatic rings. The van der Waals surface area contributed by atoms with Gasteiger partial charge >= 0.3 is 0 Å². The van der Waals surface area contributed by atoms with E-state index >= 15 is 0 Å². The van der Waals surface area contributed by atoms with Gasteiger partial charge in [-0.15, -0.1) is 24.0 Å². The fourth-order valence-corrected chi connectivity index (χ4v) is 2.75. The Morgan fingerprint density at radius 3 is 2.64 bits per heavy atom. The van der Waals surface area contributed by atoms with Gasteiger partial charge in [-0.2, -0.15) is 0 Å². The zero-order chi connectivity index (χ0) is 15.1. The van der Waals surface area contributed by atoms with Gasteiger partial charge < -0.3 is 16.0 Å². The quantitative estimate of drug-likeness (QED) is 0.324. The molecule has 2 fully saturated rings. The van der Waals surface area contributed by atoms with Crippen LogP contribution in [-0.2, 0) is 4.79 Å². The molecule has 1 unspecified atom stereocenters. The number of carbonyl (C=O) groups excluding carboxylic acids is 1. The third-order valence-electron chi connectivity index (χ3n) is 4.08. The van der Waals surface area contributed by atoms with E-state index in [9.17, 15) is 4.79 Å². The maximum Gasteiger partial charge on any atom is 0.242 e. The van der Waals surface area contributed by atoms with Crippen LogP contribution < -0.4 is 16.0 Å². The average molecular weight is 423 g/mol. The van der Waals surface area contributed by atoms with E-state index in [2.05, 4.69) is 32.8 Å². The molecule has 0 aromatic rings. The molecule has 3 N–H and O–H groups in total. The van der Waals surface area contributed by atoms with Crippen LogP contribution in [0.2, 0.25) is 0 Å². The first kappa shape index (κ1) is 19.5. The number of amides is 1. The summed E-state index contributed by atoms with van der Waals surface area (Å²) in [7, 11) is 0. The second-order valence-corrected chi connectivity index (χ2v) is 5.84. The number of aliphatic imine (C=N–C) groups is 1. The molecule has 0 spiro atoms. The number of halogens is 1. The second kappa shape index (κ2) is 10.3. The fraction of sp³-hybridized carbons (Fsp3) is 0.867. The van der Waals surface area contributed by atoms with E-state index in [0.717, 1.165) is 38.4 Å². The van der Waals surface area contributed by atoms with Crippen LogP contribution in [0.4, 0.5) is 0 Å². The number of hydrogen-bond acceptors (Lipinski definition) is 3. The summed E-state index contributed by atoms with van der Waals surface area (Å²) >= 11 is 0. The van der Waals surface area contributed by atoms with Crippen LogP contribution in [-0.4, -0.2) is 61.6 Å². The number of rotatable bonds is 7. The van der Waals surface area contributed by atoms with Crippen LogP contribution >= 0.6 is 24.0 Å². The lowest BCUT2D eigenvalue weighted by atomic mass is 10.2.